The summed E-state index contributed by atoms with van der Waals surface area (Å²) in [5.41, 5.74) is 0.688. The molecule has 1 aromatic carbocycles. The van der Waals surface area contributed by atoms with E-state index >= 15 is 0 Å². The van der Waals surface area contributed by atoms with Crippen LogP contribution in [0.4, 0.5) is 4.39 Å². The van der Waals surface area contributed by atoms with E-state index in [2.05, 4.69) is 10.2 Å². The predicted molar refractivity (Wildman–Crippen MR) is 79.0 cm³/mol. The lowest BCUT2D eigenvalue weighted by Crippen LogP contribution is -2.50. The quantitative estimate of drug-likeness (QED) is 0.867. The Hall–Kier alpha value is -1.17. The minimum absolute atomic E-state index is 0.250. The predicted octanol–water partition coefficient (Wildman–Crippen LogP) is 1.79. The maximum absolute atomic E-state index is 14.3. The summed E-state index contributed by atoms with van der Waals surface area (Å²) in [5.74, 6) is 0.0637. The summed E-state index contributed by atoms with van der Waals surface area (Å²) in [6.07, 6.45) is 2.55. The Bertz CT molecular complexity index is 479. The third-order valence-corrected chi connectivity index (χ3v) is 4.21. The smallest absolute Gasteiger partial charge is 0.169 e. The van der Waals surface area contributed by atoms with Gasteiger partial charge >= 0.3 is 0 Å². The van der Waals surface area contributed by atoms with E-state index < -0.39 is 0 Å². The van der Waals surface area contributed by atoms with Gasteiger partial charge in [0.1, 0.15) is 0 Å². The number of hydrogen-bond acceptors (Lipinski definition) is 4. The molecule has 3 rings (SSSR count). The first kappa shape index (κ1) is 14.8. The van der Waals surface area contributed by atoms with Crippen molar-refractivity contribution in [3.8, 4) is 5.75 Å². The maximum atomic E-state index is 14.3. The summed E-state index contributed by atoms with van der Waals surface area (Å²) in [6.45, 7) is 3.78. The van der Waals surface area contributed by atoms with Crippen molar-refractivity contribution in [1.82, 2.24) is 10.2 Å². The van der Waals surface area contributed by atoms with Gasteiger partial charge in [0.05, 0.1) is 20.3 Å². The lowest BCUT2D eigenvalue weighted by Gasteiger charge is -2.36. The number of nitrogens with zero attached hydrogens (tertiary/aromatic N) is 1. The van der Waals surface area contributed by atoms with E-state index in [1.54, 1.807) is 6.07 Å². The standard InChI is InChI=1S/C16H23FN2O2/c1-20-15-4-2-3-12(16(15)17)10-19-7-8-21-11-14(19)9-18-13-5-6-13/h2-4,13-14,18H,5-11H2,1H3. The van der Waals surface area contributed by atoms with Crippen LogP contribution >= 0.6 is 0 Å². The van der Waals surface area contributed by atoms with Gasteiger partial charge in [-0.2, -0.15) is 0 Å². The summed E-state index contributed by atoms with van der Waals surface area (Å²) < 4.78 is 24.9. The molecule has 0 bridgehead atoms. The fraction of sp³-hybridized carbons (Fsp3) is 0.625. The zero-order chi connectivity index (χ0) is 14.7. The molecule has 0 amide bonds. The van der Waals surface area contributed by atoms with E-state index in [0.29, 0.717) is 43.2 Å². The minimum Gasteiger partial charge on any atom is -0.494 e. The molecule has 1 unspecified atom stereocenters. The van der Waals surface area contributed by atoms with E-state index in [0.717, 1.165) is 13.1 Å². The molecule has 116 valence electrons. The van der Waals surface area contributed by atoms with Crippen molar-refractivity contribution in [2.24, 2.45) is 0 Å². The molecule has 1 saturated heterocycles. The Morgan fingerprint density at radius 1 is 1.43 bits per heavy atom. The highest BCUT2D eigenvalue weighted by atomic mass is 19.1. The van der Waals surface area contributed by atoms with Gasteiger partial charge in [0.2, 0.25) is 0 Å². The van der Waals surface area contributed by atoms with Gasteiger partial charge < -0.3 is 14.8 Å². The summed E-state index contributed by atoms with van der Waals surface area (Å²) >= 11 is 0. The molecule has 0 spiro atoms. The van der Waals surface area contributed by atoms with E-state index in [4.69, 9.17) is 9.47 Å². The molecule has 1 aromatic rings. The molecule has 1 N–H and O–H groups in total. The first-order valence-electron chi connectivity index (χ1n) is 7.64. The number of hydrogen-bond donors (Lipinski definition) is 1. The van der Waals surface area contributed by atoms with Crippen molar-refractivity contribution in [3.63, 3.8) is 0 Å². The molecule has 5 heteroatoms. The van der Waals surface area contributed by atoms with Crippen LogP contribution in [0.15, 0.2) is 18.2 Å². The Labute approximate surface area is 125 Å². The fourth-order valence-electron chi connectivity index (χ4n) is 2.73. The van der Waals surface area contributed by atoms with Gasteiger partial charge in [0.15, 0.2) is 11.6 Å². The molecule has 2 aliphatic rings. The molecule has 1 saturated carbocycles. The molecule has 2 fully saturated rings. The van der Waals surface area contributed by atoms with Gasteiger partial charge in [0, 0.05) is 37.3 Å². The molecule has 4 nitrogen and oxygen atoms in total. The van der Waals surface area contributed by atoms with E-state index in [9.17, 15) is 4.39 Å². The number of ether oxygens (including phenoxy) is 2. The monoisotopic (exact) mass is 294 g/mol. The van der Waals surface area contributed by atoms with Crippen LogP contribution in [-0.2, 0) is 11.3 Å². The van der Waals surface area contributed by atoms with Crippen LogP contribution < -0.4 is 10.1 Å². The number of halogens is 1. The van der Waals surface area contributed by atoms with Gasteiger partial charge in [-0.1, -0.05) is 12.1 Å². The summed E-state index contributed by atoms with van der Waals surface area (Å²) in [4.78, 5) is 2.30. The molecular weight excluding hydrogens is 271 g/mol. The number of morpholine rings is 1. The zero-order valence-corrected chi connectivity index (χ0v) is 12.5. The largest absolute Gasteiger partial charge is 0.494 e. The summed E-state index contributed by atoms with van der Waals surface area (Å²) in [7, 11) is 1.50. The minimum atomic E-state index is -0.250. The topological polar surface area (TPSA) is 33.7 Å². The zero-order valence-electron chi connectivity index (χ0n) is 12.5. The van der Waals surface area contributed by atoms with Crippen molar-refractivity contribution in [1.29, 1.82) is 0 Å². The maximum Gasteiger partial charge on any atom is 0.169 e. The van der Waals surface area contributed by atoms with Crippen LogP contribution in [0.25, 0.3) is 0 Å². The number of rotatable bonds is 6. The van der Waals surface area contributed by atoms with Crippen LogP contribution in [0.3, 0.4) is 0 Å². The van der Waals surface area contributed by atoms with Gasteiger partial charge in [-0.05, 0) is 18.9 Å². The summed E-state index contributed by atoms with van der Waals surface area (Å²) in [6, 6.07) is 6.32. The van der Waals surface area contributed by atoms with Crippen LogP contribution in [0.2, 0.25) is 0 Å². The number of nitrogens with one attached hydrogen (secondary N) is 1. The third kappa shape index (κ3) is 3.73. The second kappa shape index (κ2) is 6.73. The first-order chi connectivity index (χ1) is 10.3. The second-order valence-electron chi connectivity index (χ2n) is 5.82. The molecule has 21 heavy (non-hydrogen) atoms. The van der Waals surface area contributed by atoms with Gasteiger partial charge in [0.25, 0.3) is 0 Å². The SMILES string of the molecule is COc1cccc(CN2CCOCC2CNC2CC2)c1F. The Morgan fingerprint density at radius 3 is 3.05 bits per heavy atom. The van der Waals surface area contributed by atoms with Gasteiger partial charge in [-0.15, -0.1) is 0 Å². The van der Waals surface area contributed by atoms with Gasteiger partial charge in [-0.25, -0.2) is 4.39 Å². The van der Waals surface area contributed by atoms with Crippen molar-refractivity contribution < 1.29 is 13.9 Å². The molecule has 1 atom stereocenters. The fourth-order valence-corrected chi connectivity index (χ4v) is 2.73. The highest BCUT2D eigenvalue weighted by Gasteiger charge is 2.27. The van der Waals surface area contributed by atoms with Crippen LogP contribution in [0, 0.1) is 5.82 Å². The molecule has 1 aliphatic heterocycles. The number of methoxy groups -OCH3 is 1. The highest BCUT2D eigenvalue weighted by molar-refractivity contribution is 5.31. The van der Waals surface area contributed by atoms with Crippen molar-refractivity contribution in [3.05, 3.63) is 29.6 Å². The Kier molecular flexibility index (Phi) is 4.73. The average Bonchev–Trinajstić information content (AvgIpc) is 3.33. The van der Waals surface area contributed by atoms with E-state index in [1.165, 1.54) is 20.0 Å². The van der Waals surface area contributed by atoms with Crippen molar-refractivity contribution >= 4 is 0 Å². The van der Waals surface area contributed by atoms with Crippen LogP contribution in [0.5, 0.6) is 5.75 Å². The third-order valence-electron chi connectivity index (χ3n) is 4.21. The van der Waals surface area contributed by atoms with E-state index in [1.807, 2.05) is 12.1 Å². The first-order valence-corrected chi connectivity index (χ1v) is 7.64. The Balaban J connectivity index is 1.65. The molecule has 0 aromatic heterocycles. The van der Waals surface area contributed by atoms with E-state index in [-0.39, 0.29) is 5.82 Å². The number of benzene rings is 1. The lowest BCUT2D eigenvalue weighted by atomic mass is 10.1. The van der Waals surface area contributed by atoms with Crippen LogP contribution in [-0.4, -0.2) is 50.4 Å². The summed E-state index contributed by atoms with van der Waals surface area (Å²) in [5, 5.41) is 3.54. The van der Waals surface area contributed by atoms with Crippen molar-refractivity contribution in [2.75, 3.05) is 33.4 Å². The molecular formula is C16H23FN2O2. The molecule has 1 heterocycles. The second-order valence-corrected chi connectivity index (χ2v) is 5.82. The Morgan fingerprint density at radius 2 is 2.29 bits per heavy atom. The average molecular weight is 294 g/mol. The molecule has 1 aliphatic carbocycles. The van der Waals surface area contributed by atoms with Gasteiger partial charge in [-0.3, -0.25) is 4.90 Å². The normalized spacial score (nSPS) is 23.2. The lowest BCUT2D eigenvalue weighted by molar-refractivity contribution is -0.0115. The van der Waals surface area contributed by atoms with Crippen LogP contribution in [0.1, 0.15) is 18.4 Å². The molecule has 0 radical (unpaired) electrons. The highest BCUT2D eigenvalue weighted by Crippen LogP contribution is 2.23. The van der Waals surface area contributed by atoms with Crippen molar-refractivity contribution in [2.45, 2.75) is 31.5 Å².